The molecule has 5 heteroatoms. The predicted octanol–water partition coefficient (Wildman–Crippen LogP) is 3.81. The highest BCUT2D eigenvalue weighted by atomic mass is 16.3. The zero-order valence-corrected chi connectivity index (χ0v) is 17.5. The van der Waals surface area contributed by atoms with Crippen LogP contribution in [0.25, 0.3) is 0 Å². The van der Waals surface area contributed by atoms with Crippen molar-refractivity contribution >= 4 is 17.3 Å². The number of benzene rings is 2. The van der Waals surface area contributed by atoms with E-state index in [9.17, 15) is 4.79 Å². The predicted molar refractivity (Wildman–Crippen MR) is 119 cm³/mol. The molecular formula is C25H30N3O2+. The van der Waals surface area contributed by atoms with Gasteiger partial charge in [0.1, 0.15) is 0 Å². The third-order valence-electron chi connectivity index (χ3n) is 5.85. The number of nitrogens with two attached hydrogens (primary N) is 1. The first kappa shape index (κ1) is 20.2. The van der Waals surface area contributed by atoms with Gasteiger partial charge in [-0.3, -0.25) is 4.79 Å². The summed E-state index contributed by atoms with van der Waals surface area (Å²) in [5.41, 5.74) is 3.17. The number of carbonyl (C=O) groups is 1. The molecule has 2 aromatic carbocycles. The highest BCUT2D eigenvalue weighted by Crippen LogP contribution is 2.24. The molecule has 0 bridgehead atoms. The van der Waals surface area contributed by atoms with E-state index in [4.69, 9.17) is 4.42 Å². The van der Waals surface area contributed by atoms with Crippen LogP contribution in [0.5, 0.6) is 0 Å². The Morgan fingerprint density at radius 1 is 1.07 bits per heavy atom. The number of amides is 1. The van der Waals surface area contributed by atoms with Crippen LogP contribution in [0.3, 0.4) is 0 Å². The molecule has 1 amide bonds. The molecule has 1 aliphatic heterocycles. The van der Waals surface area contributed by atoms with Gasteiger partial charge in [0.05, 0.1) is 6.26 Å². The summed E-state index contributed by atoms with van der Waals surface area (Å²) in [6.07, 6.45) is 4.16. The standard InChI is InChI=1S/C25H29N3O2/c1-19-13-15-28(16-14-19)22-11-9-21(10-12-22)27-24(29)18-26-25(23-8-5-17-30-23)20-6-3-2-4-7-20/h2-12,17,19,25-26H,13-16,18H2,1H3,(H,27,29)/p+1/t25-/m1/s1. The number of nitrogens with zero attached hydrogens (tertiary/aromatic N) is 1. The Labute approximate surface area is 178 Å². The first-order valence-electron chi connectivity index (χ1n) is 10.8. The van der Waals surface area contributed by atoms with Gasteiger partial charge >= 0.3 is 0 Å². The van der Waals surface area contributed by atoms with Crippen molar-refractivity contribution in [2.75, 3.05) is 29.9 Å². The minimum Gasteiger partial charge on any atom is -0.463 e. The van der Waals surface area contributed by atoms with E-state index in [1.165, 1.54) is 18.5 Å². The molecule has 2 heterocycles. The van der Waals surface area contributed by atoms with Crippen LogP contribution < -0.4 is 15.5 Å². The summed E-state index contributed by atoms with van der Waals surface area (Å²) in [5, 5.41) is 5.02. The second kappa shape index (κ2) is 9.63. The quantitative estimate of drug-likeness (QED) is 0.630. The summed E-state index contributed by atoms with van der Waals surface area (Å²) < 4.78 is 5.61. The maximum Gasteiger partial charge on any atom is 0.279 e. The lowest BCUT2D eigenvalue weighted by Crippen LogP contribution is -2.87. The van der Waals surface area contributed by atoms with E-state index in [1.807, 2.05) is 47.8 Å². The Morgan fingerprint density at radius 3 is 2.47 bits per heavy atom. The topological polar surface area (TPSA) is 62.1 Å². The molecule has 1 fully saturated rings. The Morgan fingerprint density at radius 2 is 1.80 bits per heavy atom. The zero-order valence-electron chi connectivity index (χ0n) is 17.5. The number of hydrogen-bond donors (Lipinski definition) is 2. The van der Waals surface area contributed by atoms with Crippen LogP contribution in [0.4, 0.5) is 11.4 Å². The van der Waals surface area contributed by atoms with Gasteiger partial charge in [-0.05, 0) is 55.2 Å². The van der Waals surface area contributed by atoms with Gasteiger partial charge in [-0.25, -0.2) is 0 Å². The van der Waals surface area contributed by atoms with Crippen molar-refractivity contribution < 1.29 is 14.5 Å². The van der Waals surface area contributed by atoms with Crippen LogP contribution in [0, 0.1) is 5.92 Å². The van der Waals surface area contributed by atoms with E-state index < -0.39 is 0 Å². The summed E-state index contributed by atoms with van der Waals surface area (Å²) in [7, 11) is 0. The Kier molecular flexibility index (Phi) is 6.50. The van der Waals surface area contributed by atoms with E-state index in [0.29, 0.717) is 6.54 Å². The molecule has 1 atom stereocenters. The van der Waals surface area contributed by atoms with E-state index in [2.05, 4.69) is 41.4 Å². The number of anilines is 2. The summed E-state index contributed by atoms with van der Waals surface area (Å²) in [4.78, 5) is 15.0. The molecule has 4 rings (SSSR count). The van der Waals surface area contributed by atoms with Crippen LogP contribution in [-0.4, -0.2) is 25.5 Å². The first-order chi connectivity index (χ1) is 14.7. The molecular weight excluding hydrogens is 374 g/mol. The maximum absolute atomic E-state index is 12.6. The van der Waals surface area contributed by atoms with Crippen molar-refractivity contribution in [2.45, 2.75) is 25.8 Å². The van der Waals surface area contributed by atoms with Crippen LogP contribution in [0.2, 0.25) is 0 Å². The monoisotopic (exact) mass is 404 g/mol. The average Bonchev–Trinajstić information content (AvgIpc) is 3.30. The second-order valence-electron chi connectivity index (χ2n) is 8.11. The minimum absolute atomic E-state index is 0.0259. The third kappa shape index (κ3) is 5.10. The lowest BCUT2D eigenvalue weighted by atomic mass is 9.99. The molecule has 3 aromatic rings. The average molecular weight is 405 g/mol. The molecule has 3 N–H and O–H groups in total. The number of nitrogens with one attached hydrogen (secondary N) is 1. The molecule has 30 heavy (non-hydrogen) atoms. The number of carbonyl (C=O) groups excluding carboxylic acids is 1. The minimum atomic E-state index is -0.0455. The van der Waals surface area contributed by atoms with Crippen LogP contribution in [-0.2, 0) is 4.79 Å². The molecule has 0 radical (unpaired) electrons. The normalized spacial score (nSPS) is 15.7. The van der Waals surface area contributed by atoms with Crippen LogP contribution in [0.15, 0.2) is 77.4 Å². The molecule has 156 valence electrons. The number of rotatable bonds is 7. The fraction of sp³-hybridized carbons (Fsp3) is 0.320. The Hall–Kier alpha value is -3.05. The lowest BCUT2D eigenvalue weighted by molar-refractivity contribution is -0.678. The number of furan rings is 1. The summed E-state index contributed by atoms with van der Waals surface area (Å²) >= 11 is 0. The van der Waals surface area contributed by atoms with E-state index in [1.54, 1.807) is 6.26 Å². The highest BCUT2D eigenvalue weighted by Gasteiger charge is 2.21. The largest absolute Gasteiger partial charge is 0.463 e. The smallest absolute Gasteiger partial charge is 0.279 e. The number of piperidine rings is 1. The van der Waals surface area contributed by atoms with Gasteiger partial charge in [0, 0.05) is 30.0 Å². The maximum atomic E-state index is 12.6. The SMILES string of the molecule is CC1CCN(c2ccc(NC(=O)C[NH2+][C@H](c3ccccc3)c3ccco3)cc2)CC1. The second-order valence-corrected chi connectivity index (χ2v) is 8.11. The Bertz CT molecular complexity index is 915. The van der Waals surface area contributed by atoms with Gasteiger partial charge in [-0.15, -0.1) is 0 Å². The summed E-state index contributed by atoms with van der Waals surface area (Å²) in [5.74, 6) is 1.63. The lowest BCUT2D eigenvalue weighted by Gasteiger charge is -2.32. The highest BCUT2D eigenvalue weighted by molar-refractivity contribution is 5.91. The van der Waals surface area contributed by atoms with Gasteiger partial charge in [0.15, 0.2) is 18.3 Å². The van der Waals surface area contributed by atoms with Gasteiger partial charge in [0.25, 0.3) is 5.91 Å². The molecule has 1 aromatic heterocycles. The van der Waals surface area contributed by atoms with Gasteiger partial charge in [-0.1, -0.05) is 37.3 Å². The van der Waals surface area contributed by atoms with Gasteiger partial charge in [-0.2, -0.15) is 0 Å². The van der Waals surface area contributed by atoms with E-state index in [-0.39, 0.29) is 11.9 Å². The van der Waals surface area contributed by atoms with E-state index in [0.717, 1.165) is 36.0 Å². The van der Waals surface area contributed by atoms with Crippen molar-refractivity contribution in [3.8, 4) is 0 Å². The molecule has 0 unspecified atom stereocenters. The van der Waals surface area contributed by atoms with Gasteiger partial charge in [0.2, 0.25) is 0 Å². The van der Waals surface area contributed by atoms with Gasteiger partial charge < -0.3 is 20.0 Å². The third-order valence-corrected chi connectivity index (χ3v) is 5.85. The first-order valence-corrected chi connectivity index (χ1v) is 10.8. The van der Waals surface area contributed by atoms with Crippen molar-refractivity contribution in [2.24, 2.45) is 5.92 Å². The van der Waals surface area contributed by atoms with Crippen LogP contribution >= 0.6 is 0 Å². The molecule has 5 nitrogen and oxygen atoms in total. The fourth-order valence-corrected chi connectivity index (χ4v) is 4.00. The van der Waals surface area contributed by atoms with Crippen molar-refractivity contribution in [1.82, 2.24) is 0 Å². The van der Waals surface area contributed by atoms with Crippen molar-refractivity contribution in [1.29, 1.82) is 0 Å². The zero-order chi connectivity index (χ0) is 20.8. The molecule has 1 aliphatic rings. The molecule has 1 saturated heterocycles. The Balaban J connectivity index is 1.33. The fourth-order valence-electron chi connectivity index (χ4n) is 4.00. The molecule has 0 saturated carbocycles. The summed E-state index contributed by atoms with van der Waals surface area (Å²) in [6.45, 7) is 4.85. The van der Waals surface area contributed by atoms with Crippen LogP contribution in [0.1, 0.15) is 37.1 Å². The number of quaternary nitrogens is 1. The molecule has 0 spiro atoms. The summed E-state index contributed by atoms with van der Waals surface area (Å²) in [6, 6.07) is 22.1. The molecule has 0 aliphatic carbocycles. The van der Waals surface area contributed by atoms with E-state index >= 15 is 0 Å². The van der Waals surface area contributed by atoms with Crippen molar-refractivity contribution in [3.63, 3.8) is 0 Å². The van der Waals surface area contributed by atoms with Crippen molar-refractivity contribution in [3.05, 3.63) is 84.3 Å². The number of hydrogen-bond acceptors (Lipinski definition) is 3.